The summed E-state index contributed by atoms with van der Waals surface area (Å²) < 4.78 is 4.56. The molecule has 2 heterocycles. The fourth-order valence-corrected chi connectivity index (χ4v) is 7.35. The van der Waals surface area contributed by atoms with E-state index in [0.29, 0.717) is 11.1 Å². The minimum absolute atomic E-state index is 0.537. The van der Waals surface area contributed by atoms with Crippen LogP contribution in [0.4, 0.5) is 0 Å². The summed E-state index contributed by atoms with van der Waals surface area (Å²) in [4.78, 5) is 0. The van der Waals surface area contributed by atoms with Gasteiger partial charge >= 0.3 is 0 Å². The van der Waals surface area contributed by atoms with Gasteiger partial charge in [-0.3, -0.25) is 0 Å². The van der Waals surface area contributed by atoms with Crippen molar-refractivity contribution in [3.05, 3.63) is 169 Å². The van der Waals surface area contributed by atoms with Crippen molar-refractivity contribution in [2.75, 3.05) is 0 Å². The molecule has 0 N–H and O–H groups in total. The molecule has 0 aliphatic heterocycles. The second kappa shape index (κ2) is 10.9. The Hall–Kier alpha value is -6.88. The van der Waals surface area contributed by atoms with E-state index in [2.05, 4.69) is 149 Å². The molecule has 9 rings (SSSR count). The van der Waals surface area contributed by atoms with Crippen LogP contribution in [0.2, 0.25) is 0 Å². The molecule has 0 radical (unpaired) electrons. The molecule has 0 aliphatic carbocycles. The van der Waals surface area contributed by atoms with E-state index in [1.165, 1.54) is 10.8 Å². The van der Waals surface area contributed by atoms with Gasteiger partial charge in [0.05, 0.1) is 51.0 Å². The smallest absolute Gasteiger partial charge is 0.0998 e. The first-order valence-corrected chi connectivity index (χ1v) is 15.9. The van der Waals surface area contributed by atoms with E-state index >= 15 is 0 Å². The van der Waals surface area contributed by atoms with Crippen LogP contribution < -0.4 is 0 Å². The lowest BCUT2D eigenvalue weighted by atomic mass is 9.89. The van der Waals surface area contributed by atoms with Crippen molar-refractivity contribution in [2.45, 2.75) is 0 Å². The van der Waals surface area contributed by atoms with Crippen molar-refractivity contribution in [3.63, 3.8) is 0 Å². The molecule has 0 amide bonds. The van der Waals surface area contributed by atoms with Gasteiger partial charge in [0.2, 0.25) is 0 Å². The minimum atomic E-state index is 0.537. The number of nitriles is 2. The van der Waals surface area contributed by atoms with Crippen LogP contribution in [0.3, 0.4) is 0 Å². The highest BCUT2D eigenvalue weighted by atomic mass is 15.0. The Kier molecular flexibility index (Phi) is 6.22. The Morgan fingerprint density at radius 3 is 1.46 bits per heavy atom. The number of rotatable bonds is 4. The largest absolute Gasteiger partial charge is 0.309 e. The van der Waals surface area contributed by atoms with Gasteiger partial charge in [0.25, 0.3) is 0 Å². The van der Waals surface area contributed by atoms with Gasteiger partial charge in [0.15, 0.2) is 0 Å². The Morgan fingerprint density at radius 1 is 0.417 bits per heavy atom. The summed E-state index contributed by atoms with van der Waals surface area (Å²) in [6.07, 6.45) is 0. The summed E-state index contributed by atoms with van der Waals surface area (Å²) in [6.45, 7) is 0. The maximum absolute atomic E-state index is 10.5. The van der Waals surface area contributed by atoms with Gasteiger partial charge in [-0.25, -0.2) is 0 Å². The second-order valence-corrected chi connectivity index (χ2v) is 12.0. The number of para-hydroxylation sites is 4. The Bertz CT molecular complexity index is 2690. The SMILES string of the molecule is N#Cc1ccc(-n2c3ccccc3c3ccccc32)c(-c2c(C#N)cccc2-c2ccc(-n3c4ccccc4c4ccccc43)cc2)c1. The summed E-state index contributed by atoms with van der Waals surface area (Å²) >= 11 is 0. The Labute approximate surface area is 277 Å². The molecule has 4 nitrogen and oxygen atoms in total. The first-order chi connectivity index (χ1) is 23.7. The van der Waals surface area contributed by atoms with E-state index in [1.807, 2.05) is 30.3 Å². The quantitative estimate of drug-likeness (QED) is 0.199. The zero-order valence-corrected chi connectivity index (χ0v) is 25.8. The Balaban J connectivity index is 1.27. The van der Waals surface area contributed by atoms with Crippen LogP contribution in [-0.4, -0.2) is 9.13 Å². The monoisotopic (exact) mass is 610 g/mol. The minimum Gasteiger partial charge on any atom is -0.309 e. The van der Waals surface area contributed by atoms with Crippen molar-refractivity contribution in [3.8, 4) is 45.8 Å². The summed E-state index contributed by atoms with van der Waals surface area (Å²) in [5.41, 5.74) is 11.1. The number of nitrogens with zero attached hydrogens (tertiary/aromatic N) is 4. The number of hydrogen-bond acceptors (Lipinski definition) is 2. The maximum Gasteiger partial charge on any atom is 0.0998 e. The van der Waals surface area contributed by atoms with Crippen LogP contribution in [0.5, 0.6) is 0 Å². The highest BCUT2D eigenvalue weighted by molar-refractivity contribution is 6.11. The van der Waals surface area contributed by atoms with E-state index in [-0.39, 0.29) is 0 Å². The van der Waals surface area contributed by atoms with E-state index < -0.39 is 0 Å². The number of fused-ring (bicyclic) bond motifs is 6. The normalized spacial score (nSPS) is 11.3. The van der Waals surface area contributed by atoms with Crippen molar-refractivity contribution in [1.82, 2.24) is 9.13 Å². The lowest BCUT2D eigenvalue weighted by Crippen LogP contribution is -2.00. The van der Waals surface area contributed by atoms with Crippen molar-refractivity contribution in [2.24, 2.45) is 0 Å². The predicted octanol–water partition coefficient (Wildman–Crippen LogP) is 11.0. The molecule has 9 aromatic rings. The molecule has 4 heteroatoms. The third-order valence-corrected chi connectivity index (χ3v) is 9.42. The average Bonchev–Trinajstić information content (AvgIpc) is 3.67. The first kappa shape index (κ1) is 27.4. The molecule has 0 spiro atoms. The molecule has 48 heavy (non-hydrogen) atoms. The fourth-order valence-electron chi connectivity index (χ4n) is 7.35. The van der Waals surface area contributed by atoms with E-state index in [4.69, 9.17) is 0 Å². The van der Waals surface area contributed by atoms with Crippen LogP contribution in [0.1, 0.15) is 11.1 Å². The lowest BCUT2D eigenvalue weighted by Gasteiger charge is -2.19. The topological polar surface area (TPSA) is 57.4 Å². The van der Waals surface area contributed by atoms with Gasteiger partial charge in [-0.2, -0.15) is 10.5 Å². The molecule has 0 saturated heterocycles. The summed E-state index contributed by atoms with van der Waals surface area (Å²) in [6, 6.07) is 58.8. The maximum atomic E-state index is 10.5. The molecule has 222 valence electrons. The molecule has 7 aromatic carbocycles. The van der Waals surface area contributed by atoms with Gasteiger partial charge < -0.3 is 9.13 Å². The number of benzene rings is 7. The number of hydrogen-bond donors (Lipinski definition) is 0. The Morgan fingerprint density at radius 2 is 0.938 bits per heavy atom. The van der Waals surface area contributed by atoms with Gasteiger partial charge in [-0.05, 0) is 71.8 Å². The fraction of sp³-hybridized carbons (Fsp3) is 0. The van der Waals surface area contributed by atoms with Crippen LogP contribution in [-0.2, 0) is 0 Å². The highest BCUT2D eigenvalue weighted by Gasteiger charge is 2.21. The molecular weight excluding hydrogens is 585 g/mol. The lowest BCUT2D eigenvalue weighted by molar-refractivity contribution is 1.18. The van der Waals surface area contributed by atoms with Gasteiger partial charge in [-0.1, -0.05) is 97.1 Å². The van der Waals surface area contributed by atoms with Crippen molar-refractivity contribution >= 4 is 43.6 Å². The first-order valence-electron chi connectivity index (χ1n) is 15.9. The zero-order chi connectivity index (χ0) is 32.2. The molecule has 0 saturated carbocycles. The highest BCUT2D eigenvalue weighted by Crippen LogP contribution is 2.42. The van der Waals surface area contributed by atoms with Gasteiger partial charge in [0.1, 0.15) is 0 Å². The van der Waals surface area contributed by atoms with Crippen LogP contribution in [0, 0.1) is 22.7 Å². The molecule has 0 fully saturated rings. The zero-order valence-electron chi connectivity index (χ0n) is 25.8. The average molecular weight is 611 g/mol. The third kappa shape index (κ3) is 4.07. The van der Waals surface area contributed by atoms with Gasteiger partial charge in [0, 0.05) is 38.4 Å². The second-order valence-electron chi connectivity index (χ2n) is 12.0. The summed E-state index contributed by atoms with van der Waals surface area (Å²) in [5, 5.41) is 25.3. The van der Waals surface area contributed by atoms with Gasteiger partial charge in [-0.15, -0.1) is 0 Å². The van der Waals surface area contributed by atoms with Crippen LogP contribution in [0.25, 0.3) is 77.2 Å². The number of aromatic nitrogens is 2. The third-order valence-electron chi connectivity index (χ3n) is 9.42. The van der Waals surface area contributed by atoms with Crippen molar-refractivity contribution < 1.29 is 0 Å². The van der Waals surface area contributed by atoms with Crippen molar-refractivity contribution in [1.29, 1.82) is 10.5 Å². The molecule has 0 atom stereocenters. The summed E-state index contributed by atoms with van der Waals surface area (Å²) in [5.74, 6) is 0. The van der Waals surface area contributed by atoms with Crippen LogP contribution >= 0.6 is 0 Å². The van der Waals surface area contributed by atoms with E-state index in [0.717, 1.165) is 66.5 Å². The standard InChI is InChI=1S/C44H26N4/c45-27-29-20-25-43(48-41-18-7-3-13-36(41)37-14-4-8-19-42(37)48)38(26-29)44-31(28-46)10-9-15-33(44)30-21-23-32(24-22-30)47-39-16-5-1-11-34(39)35-12-2-6-17-40(35)47/h1-26H. The molecule has 2 aromatic heterocycles. The predicted molar refractivity (Wildman–Crippen MR) is 195 cm³/mol. The van der Waals surface area contributed by atoms with E-state index in [9.17, 15) is 10.5 Å². The molecule has 0 unspecified atom stereocenters. The van der Waals surface area contributed by atoms with E-state index in [1.54, 1.807) is 0 Å². The molecule has 0 bridgehead atoms. The van der Waals surface area contributed by atoms with Crippen LogP contribution in [0.15, 0.2) is 158 Å². The molecular formula is C44H26N4. The summed E-state index contributed by atoms with van der Waals surface area (Å²) in [7, 11) is 0. The molecule has 0 aliphatic rings.